The van der Waals surface area contributed by atoms with Crippen LogP contribution in [-0.4, -0.2) is 56.6 Å². The van der Waals surface area contributed by atoms with Crippen molar-refractivity contribution in [1.29, 1.82) is 0 Å². The average molecular weight is 736 g/mol. The number of hydrogen-bond acceptors (Lipinski definition) is 8. The third-order valence-electron chi connectivity index (χ3n) is 10.1. The minimum absolute atomic E-state index is 0.0578. The maximum atomic E-state index is 14.0. The molecule has 7 unspecified atom stereocenters. The van der Waals surface area contributed by atoms with Crippen LogP contribution in [0.15, 0.2) is 52.3 Å². The number of anilines is 1. The summed E-state index contributed by atoms with van der Waals surface area (Å²) in [5.74, 6) is -5.92. The number of benzene rings is 2. The maximum Gasteiger partial charge on any atom is 0.416 e. The Morgan fingerprint density at radius 1 is 1.10 bits per heavy atom. The van der Waals surface area contributed by atoms with Crippen molar-refractivity contribution in [3.05, 3.63) is 73.2 Å². The van der Waals surface area contributed by atoms with Crippen molar-refractivity contribution < 1.29 is 42.2 Å². The number of ether oxygens (including phenoxy) is 1. The van der Waals surface area contributed by atoms with E-state index in [4.69, 9.17) is 16.3 Å². The summed E-state index contributed by atoms with van der Waals surface area (Å²) >= 11 is 8.96. The standard InChI is InChI=1S/C33H29ClF3N3O7S2/c1-12(2)25(31(44)45)40-29(42)23-17-10-18(24(23)30(40)43)26-22(17)21(27-28(48-26)39-32(46)49-27)16-9-14(34)6-7-19(16)47-11-20(41)38-15-5-3-4-13(8-15)33(35,36)37/h3-9,12,17-18,21-26H,10-11H2,1-2H3,(H,38,41)(H,39,46)(H,44,45)/t17?,18?,21-,22?,23?,24?,25?,26?/m1/s1. The largest absolute Gasteiger partial charge is 0.483 e. The quantitative estimate of drug-likeness (QED) is 0.250. The number of likely N-dealkylation sites (tertiary alicyclic amines) is 1. The zero-order chi connectivity index (χ0) is 35.1. The van der Waals surface area contributed by atoms with Crippen LogP contribution in [0.2, 0.25) is 5.02 Å². The second-order valence-electron chi connectivity index (χ2n) is 13.1. The van der Waals surface area contributed by atoms with E-state index >= 15 is 0 Å². The van der Waals surface area contributed by atoms with Gasteiger partial charge < -0.3 is 20.1 Å². The van der Waals surface area contributed by atoms with Gasteiger partial charge in [0.2, 0.25) is 11.8 Å². The smallest absolute Gasteiger partial charge is 0.416 e. The number of carbonyl (C=O) groups is 4. The number of carboxylic acids is 1. The topological polar surface area (TPSA) is 146 Å². The molecule has 16 heteroatoms. The molecule has 258 valence electrons. The van der Waals surface area contributed by atoms with Crippen molar-refractivity contribution in [2.24, 2.45) is 35.5 Å². The molecule has 2 saturated carbocycles. The summed E-state index contributed by atoms with van der Waals surface area (Å²) in [4.78, 5) is 69.8. The molecule has 3 aromatic rings. The molecule has 0 spiro atoms. The summed E-state index contributed by atoms with van der Waals surface area (Å²) in [7, 11) is 0. The highest BCUT2D eigenvalue weighted by Crippen LogP contribution is 2.69. The number of H-pyrrole nitrogens is 1. The molecule has 2 aliphatic heterocycles. The number of rotatable bonds is 8. The number of nitrogens with one attached hydrogen (secondary N) is 2. The Hall–Kier alpha value is -3.82. The van der Waals surface area contributed by atoms with Crippen LogP contribution < -0.4 is 14.9 Å². The van der Waals surface area contributed by atoms with E-state index in [1.807, 2.05) is 0 Å². The van der Waals surface area contributed by atoms with E-state index in [0.717, 1.165) is 28.4 Å². The van der Waals surface area contributed by atoms with E-state index in [1.165, 1.54) is 23.9 Å². The summed E-state index contributed by atoms with van der Waals surface area (Å²) < 4.78 is 45.5. The molecule has 3 fully saturated rings. The number of aromatic nitrogens is 1. The molecular weight excluding hydrogens is 707 g/mol. The Balaban J connectivity index is 1.21. The molecule has 3 heterocycles. The lowest BCUT2D eigenvalue weighted by molar-refractivity contribution is -0.157. The SMILES string of the molecule is CC(C)C(C(=O)O)N1C(=O)C2C3CC(C2C1=O)C1C3Sc2[nH]c(=O)sc2[C@@H]1c1cc(Cl)ccc1OCC(=O)Nc1cccc(C(F)(F)F)c1. The van der Waals surface area contributed by atoms with Gasteiger partial charge in [-0.15, -0.1) is 11.8 Å². The van der Waals surface area contributed by atoms with Gasteiger partial charge in [-0.25, -0.2) is 4.79 Å². The first-order valence-electron chi connectivity index (χ1n) is 15.5. The van der Waals surface area contributed by atoms with Gasteiger partial charge in [-0.2, -0.15) is 13.2 Å². The minimum atomic E-state index is -4.59. The van der Waals surface area contributed by atoms with Gasteiger partial charge in [-0.3, -0.25) is 24.1 Å². The zero-order valence-corrected chi connectivity index (χ0v) is 28.2. The van der Waals surface area contributed by atoms with Crippen LogP contribution in [0.25, 0.3) is 0 Å². The van der Waals surface area contributed by atoms with Gasteiger partial charge in [0.1, 0.15) is 11.8 Å². The maximum absolute atomic E-state index is 14.0. The van der Waals surface area contributed by atoms with E-state index in [9.17, 15) is 42.3 Å². The molecule has 8 atom stereocenters. The number of thioether (sulfide) groups is 1. The van der Waals surface area contributed by atoms with Gasteiger partial charge in [0.05, 0.1) is 22.4 Å². The number of hydrogen-bond donors (Lipinski definition) is 3. The molecule has 1 saturated heterocycles. The van der Waals surface area contributed by atoms with Crippen molar-refractivity contribution in [1.82, 2.24) is 9.88 Å². The van der Waals surface area contributed by atoms with Crippen LogP contribution in [0.3, 0.4) is 0 Å². The molecule has 3 N–H and O–H groups in total. The van der Waals surface area contributed by atoms with Crippen molar-refractivity contribution in [2.45, 2.75) is 48.7 Å². The van der Waals surface area contributed by atoms with E-state index in [-0.39, 0.29) is 39.3 Å². The number of aromatic amines is 1. The van der Waals surface area contributed by atoms with Gasteiger partial charge in [-0.1, -0.05) is 42.9 Å². The molecule has 0 radical (unpaired) electrons. The molecule has 49 heavy (non-hydrogen) atoms. The number of carboxylic acid groups (broad SMARTS) is 1. The molecule has 2 aromatic carbocycles. The zero-order valence-electron chi connectivity index (χ0n) is 25.8. The highest BCUT2D eigenvalue weighted by Gasteiger charge is 2.70. The van der Waals surface area contributed by atoms with E-state index < -0.39 is 71.8 Å². The van der Waals surface area contributed by atoms with Crippen LogP contribution in [0.4, 0.5) is 18.9 Å². The van der Waals surface area contributed by atoms with Gasteiger partial charge >= 0.3 is 17.0 Å². The fourth-order valence-electron chi connectivity index (χ4n) is 8.36. The average Bonchev–Trinajstić information content (AvgIpc) is 3.76. The number of aliphatic carboxylic acids is 1. The van der Waals surface area contributed by atoms with Crippen molar-refractivity contribution in [2.75, 3.05) is 11.9 Å². The first-order valence-corrected chi connectivity index (χ1v) is 17.6. The number of alkyl halides is 3. The van der Waals surface area contributed by atoms with Gasteiger partial charge in [-0.05, 0) is 66.5 Å². The molecule has 7 rings (SSSR count). The van der Waals surface area contributed by atoms with E-state index in [2.05, 4.69) is 10.3 Å². The second kappa shape index (κ2) is 12.2. The summed E-state index contributed by atoms with van der Waals surface area (Å²) in [6.45, 7) is 2.76. The minimum Gasteiger partial charge on any atom is -0.483 e. The Kier molecular flexibility index (Phi) is 8.38. The summed E-state index contributed by atoms with van der Waals surface area (Å²) in [5.41, 5.74) is -0.425. The first-order chi connectivity index (χ1) is 23.1. The number of thiazole rings is 1. The Bertz CT molecular complexity index is 1950. The molecule has 10 nitrogen and oxygen atoms in total. The summed E-state index contributed by atoms with van der Waals surface area (Å²) in [6.07, 6.45) is -4.03. The predicted octanol–water partition coefficient (Wildman–Crippen LogP) is 5.71. The van der Waals surface area contributed by atoms with Crippen molar-refractivity contribution >= 4 is 64.1 Å². The second-order valence-corrected chi connectivity index (χ2v) is 15.8. The van der Waals surface area contributed by atoms with Crippen molar-refractivity contribution in [3.8, 4) is 5.75 Å². The Labute approximate surface area is 290 Å². The number of amides is 3. The number of carbonyl (C=O) groups excluding carboxylic acids is 3. The van der Waals surface area contributed by atoms with Crippen LogP contribution in [0, 0.1) is 35.5 Å². The highest BCUT2D eigenvalue weighted by molar-refractivity contribution is 8.00. The summed E-state index contributed by atoms with van der Waals surface area (Å²) in [5, 5.41) is 13.1. The normalized spacial score (nSPS) is 27.6. The number of halogens is 4. The molecule has 2 bridgehead atoms. The van der Waals surface area contributed by atoms with E-state index in [1.54, 1.807) is 32.0 Å². The molecule has 1 aromatic heterocycles. The monoisotopic (exact) mass is 735 g/mol. The lowest BCUT2D eigenvalue weighted by atomic mass is 9.68. The molecule has 2 aliphatic carbocycles. The lowest BCUT2D eigenvalue weighted by Crippen LogP contribution is -2.49. The van der Waals surface area contributed by atoms with Crippen LogP contribution in [-0.2, 0) is 25.4 Å². The van der Waals surface area contributed by atoms with Crippen LogP contribution in [0.1, 0.15) is 42.2 Å². The lowest BCUT2D eigenvalue weighted by Gasteiger charge is -2.43. The van der Waals surface area contributed by atoms with Gasteiger partial charge in [0.25, 0.3) is 5.91 Å². The van der Waals surface area contributed by atoms with Crippen molar-refractivity contribution in [3.63, 3.8) is 0 Å². The Morgan fingerprint density at radius 3 is 2.49 bits per heavy atom. The first kappa shape index (κ1) is 33.7. The van der Waals surface area contributed by atoms with Crippen LogP contribution in [0.5, 0.6) is 5.75 Å². The fourth-order valence-corrected chi connectivity index (χ4v) is 11.4. The molecule has 3 amide bonds. The molecular formula is C33H29ClF3N3O7S2. The van der Waals surface area contributed by atoms with Crippen LogP contribution >= 0.6 is 34.7 Å². The number of fused-ring (bicyclic) bond motifs is 9. The number of imide groups is 1. The fraction of sp³-hybridized carbons (Fsp3) is 0.424. The number of nitrogens with zero attached hydrogens (tertiary/aromatic N) is 1. The molecule has 4 aliphatic rings. The predicted molar refractivity (Wildman–Crippen MR) is 174 cm³/mol. The Morgan fingerprint density at radius 2 is 1.82 bits per heavy atom. The van der Waals surface area contributed by atoms with E-state index in [0.29, 0.717) is 26.9 Å². The van der Waals surface area contributed by atoms with Gasteiger partial charge in [0.15, 0.2) is 6.61 Å². The third kappa shape index (κ3) is 5.63. The highest BCUT2D eigenvalue weighted by atomic mass is 35.5. The third-order valence-corrected chi connectivity index (χ3v) is 12.9. The summed E-state index contributed by atoms with van der Waals surface area (Å²) in [6, 6.07) is 7.74. The van der Waals surface area contributed by atoms with Gasteiger partial charge in [0, 0.05) is 32.3 Å².